The van der Waals surface area contributed by atoms with Gasteiger partial charge in [-0.05, 0) is 18.4 Å². The van der Waals surface area contributed by atoms with Crippen molar-refractivity contribution >= 4 is 23.8 Å². The number of carbonyl (C=O) groups is 1. The number of thioether (sulfide) groups is 1. The van der Waals surface area contributed by atoms with Gasteiger partial charge in [-0.1, -0.05) is 12.1 Å². The molecule has 0 aromatic heterocycles. The number of ether oxygens (including phenoxy) is 1. The van der Waals surface area contributed by atoms with Crippen molar-refractivity contribution in [1.29, 1.82) is 0 Å². The summed E-state index contributed by atoms with van der Waals surface area (Å²) in [6, 6.07) is 4.40. The van der Waals surface area contributed by atoms with Crippen LogP contribution in [0.2, 0.25) is 0 Å². The van der Waals surface area contributed by atoms with Crippen LogP contribution in [-0.4, -0.2) is 29.7 Å². The van der Waals surface area contributed by atoms with E-state index in [9.17, 15) is 9.18 Å². The van der Waals surface area contributed by atoms with Crippen LogP contribution in [0.4, 0.5) is 4.39 Å². The number of aliphatic carboxylic acids is 1. The van der Waals surface area contributed by atoms with Crippen LogP contribution in [0.15, 0.2) is 24.3 Å². The molecule has 1 N–H and O–H groups in total. The molecule has 3 nitrogen and oxygen atoms in total. The van der Waals surface area contributed by atoms with Crippen LogP contribution in [0.1, 0.15) is 5.56 Å². The highest BCUT2D eigenvalue weighted by Gasteiger charge is 2.07. The van der Waals surface area contributed by atoms with Crippen molar-refractivity contribution in [2.24, 2.45) is 0 Å². The number of hydrogen-bond acceptors (Lipinski definition) is 3. The average molecular weight is 256 g/mol. The van der Waals surface area contributed by atoms with E-state index in [1.54, 1.807) is 17.8 Å². The number of benzene rings is 1. The molecule has 0 heterocycles. The lowest BCUT2D eigenvalue weighted by Gasteiger charge is -2.09. The number of halogens is 1. The Morgan fingerprint density at radius 1 is 1.59 bits per heavy atom. The van der Waals surface area contributed by atoms with E-state index in [-0.39, 0.29) is 5.75 Å². The Bertz CT molecular complexity index is 418. The summed E-state index contributed by atoms with van der Waals surface area (Å²) in [5.74, 6) is -0.724. The molecule has 1 rings (SSSR count). The molecule has 0 saturated heterocycles. The molecular formula is C12H13FO3S. The van der Waals surface area contributed by atoms with E-state index < -0.39 is 11.8 Å². The number of rotatable bonds is 6. The first-order valence-corrected chi connectivity index (χ1v) is 6.35. The first-order valence-electron chi connectivity index (χ1n) is 4.96. The third-order valence-corrected chi connectivity index (χ3v) is 2.51. The van der Waals surface area contributed by atoms with E-state index in [2.05, 4.69) is 0 Å². The van der Waals surface area contributed by atoms with Gasteiger partial charge in [-0.3, -0.25) is 0 Å². The van der Waals surface area contributed by atoms with Crippen molar-refractivity contribution in [3.8, 4) is 5.75 Å². The van der Waals surface area contributed by atoms with Gasteiger partial charge in [0.15, 0.2) is 11.6 Å². The summed E-state index contributed by atoms with van der Waals surface area (Å²) in [5, 5.41) is 8.52. The molecule has 0 aliphatic rings. The summed E-state index contributed by atoms with van der Waals surface area (Å²) in [6.07, 6.45) is 4.20. The molecule has 0 aliphatic carbocycles. The SMILES string of the molecule is CSCCOc1c(F)cccc1/C=C/C(=O)O. The topological polar surface area (TPSA) is 46.5 Å². The molecule has 0 bridgehead atoms. The molecule has 1 aromatic carbocycles. The number of para-hydroxylation sites is 1. The van der Waals surface area contributed by atoms with Crippen LogP contribution in [0, 0.1) is 5.82 Å². The maximum atomic E-state index is 13.5. The highest BCUT2D eigenvalue weighted by Crippen LogP contribution is 2.24. The van der Waals surface area contributed by atoms with E-state index >= 15 is 0 Å². The van der Waals surface area contributed by atoms with Crippen LogP contribution in [-0.2, 0) is 4.79 Å². The van der Waals surface area contributed by atoms with Crippen LogP contribution >= 0.6 is 11.8 Å². The zero-order valence-electron chi connectivity index (χ0n) is 9.35. The molecule has 0 aliphatic heterocycles. The number of hydrogen-bond donors (Lipinski definition) is 1. The molecular weight excluding hydrogens is 243 g/mol. The molecule has 0 amide bonds. The summed E-state index contributed by atoms with van der Waals surface area (Å²) in [5.41, 5.74) is 0.425. The normalized spacial score (nSPS) is 10.7. The largest absolute Gasteiger partial charge is 0.489 e. The van der Waals surface area contributed by atoms with Gasteiger partial charge in [0.2, 0.25) is 0 Å². The van der Waals surface area contributed by atoms with E-state index in [0.29, 0.717) is 12.2 Å². The molecule has 0 saturated carbocycles. The molecule has 0 atom stereocenters. The summed E-state index contributed by atoms with van der Waals surface area (Å²) >= 11 is 1.59. The van der Waals surface area contributed by atoms with E-state index in [1.807, 2.05) is 6.26 Å². The fourth-order valence-corrected chi connectivity index (χ4v) is 1.45. The van der Waals surface area contributed by atoms with Crippen LogP contribution in [0.5, 0.6) is 5.75 Å². The van der Waals surface area contributed by atoms with Crippen LogP contribution in [0.25, 0.3) is 6.08 Å². The molecule has 0 unspecified atom stereocenters. The Labute approximate surface area is 103 Å². The van der Waals surface area contributed by atoms with Crippen LogP contribution in [0.3, 0.4) is 0 Å². The molecule has 1 aromatic rings. The minimum absolute atomic E-state index is 0.0963. The van der Waals surface area contributed by atoms with Gasteiger partial charge in [0.05, 0.1) is 6.61 Å². The van der Waals surface area contributed by atoms with Crippen molar-refractivity contribution in [2.75, 3.05) is 18.6 Å². The molecule has 92 valence electrons. The summed E-state index contributed by atoms with van der Waals surface area (Å²) < 4.78 is 18.8. The van der Waals surface area contributed by atoms with E-state index in [4.69, 9.17) is 9.84 Å². The maximum absolute atomic E-state index is 13.5. The Morgan fingerprint density at radius 3 is 3.00 bits per heavy atom. The van der Waals surface area contributed by atoms with Crippen molar-refractivity contribution in [1.82, 2.24) is 0 Å². The quantitative estimate of drug-likeness (QED) is 0.628. The predicted octanol–water partition coefficient (Wildman–Crippen LogP) is 2.67. The molecule has 0 radical (unpaired) electrons. The van der Waals surface area contributed by atoms with E-state index in [0.717, 1.165) is 11.8 Å². The minimum atomic E-state index is -1.08. The first-order chi connectivity index (χ1) is 8.15. The molecule has 5 heteroatoms. The Kier molecular flexibility index (Phi) is 5.56. The number of carboxylic acid groups (broad SMARTS) is 1. The summed E-state index contributed by atoms with van der Waals surface area (Å²) in [6.45, 7) is 0.385. The minimum Gasteiger partial charge on any atom is -0.489 e. The van der Waals surface area contributed by atoms with E-state index in [1.165, 1.54) is 18.2 Å². The lowest BCUT2D eigenvalue weighted by atomic mass is 10.2. The van der Waals surface area contributed by atoms with Gasteiger partial charge in [0, 0.05) is 17.4 Å². The fraction of sp³-hybridized carbons (Fsp3) is 0.250. The average Bonchev–Trinajstić information content (AvgIpc) is 2.29. The van der Waals surface area contributed by atoms with Gasteiger partial charge in [-0.15, -0.1) is 0 Å². The zero-order chi connectivity index (χ0) is 12.7. The highest BCUT2D eigenvalue weighted by atomic mass is 32.2. The molecule has 0 fully saturated rings. The highest BCUT2D eigenvalue weighted by molar-refractivity contribution is 7.98. The van der Waals surface area contributed by atoms with Crippen molar-refractivity contribution in [3.05, 3.63) is 35.7 Å². The second-order valence-electron chi connectivity index (χ2n) is 3.17. The van der Waals surface area contributed by atoms with Crippen molar-refractivity contribution in [3.63, 3.8) is 0 Å². The molecule has 0 spiro atoms. The van der Waals surface area contributed by atoms with Gasteiger partial charge >= 0.3 is 5.97 Å². The van der Waals surface area contributed by atoms with Gasteiger partial charge < -0.3 is 9.84 Å². The second-order valence-corrected chi connectivity index (χ2v) is 4.16. The Hall–Kier alpha value is -1.49. The fourth-order valence-electron chi connectivity index (χ4n) is 1.20. The predicted molar refractivity (Wildman–Crippen MR) is 66.9 cm³/mol. The zero-order valence-corrected chi connectivity index (χ0v) is 10.2. The Balaban J connectivity index is 2.87. The van der Waals surface area contributed by atoms with Crippen LogP contribution < -0.4 is 4.74 Å². The lowest BCUT2D eigenvalue weighted by Crippen LogP contribution is -2.03. The first kappa shape index (κ1) is 13.6. The third kappa shape index (κ3) is 4.48. The molecule has 17 heavy (non-hydrogen) atoms. The smallest absolute Gasteiger partial charge is 0.328 e. The summed E-state index contributed by atoms with van der Waals surface area (Å²) in [7, 11) is 0. The maximum Gasteiger partial charge on any atom is 0.328 e. The summed E-state index contributed by atoms with van der Waals surface area (Å²) in [4.78, 5) is 10.4. The van der Waals surface area contributed by atoms with Gasteiger partial charge in [-0.2, -0.15) is 11.8 Å². The third-order valence-electron chi connectivity index (χ3n) is 1.94. The number of carboxylic acids is 1. The Morgan fingerprint density at radius 2 is 2.35 bits per heavy atom. The lowest BCUT2D eigenvalue weighted by molar-refractivity contribution is -0.131. The monoisotopic (exact) mass is 256 g/mol. The van der Waals surface area contributed by atoms with Crippen molar-refractivity contribution < 1.29 is 19.0 Å². The standard InChI is InChI=1S/C12H13FO3S/c1-17-8-7-16-12-9(5-6-11(14)15)3-2-4-10(12)13/h2-6H,7-8H2,1H3,(H,14,15)/b6-5+. The van der Waals surface area contributed by atoms with Crippen molar-refractivity contribution in [2.45, 2.75) is 0 Å². The second kappa shape index (κ2) is 6.96. The van der Waals surface area contributed by atoms with Gasteiger partial charge in [0.1, 0.15) is 0 Å². The van der Waals surface area contributed by atoms with Gasteiger partial charge in [-0.25, -0.2) is 9.18 Å². The van der Waals surface area contributed by atoms with Gasteiger partial charge in [0.25, 0.3) is 0 Å².